The zero-order valence-corrected chi connectivity index (χ0v) is 14.4. The van der Waals surface area contributed by atoms with Gasteiger partial charge in [0.15, 0.2) is 0 Å². The number of aryl methyl sites for hydroxylation is 2. The Morgan fingerprint density at radius 2 is 1.96 bits per heavy atom. The van der Waals surface area contributed by atoms with E-state index in [0.717, 1.165) is 22.4 Å². The van der Waals surface area contributed by atoms with Crippen molar-refractivity contribution >= 4 is 23.0 Å². The minimum Gasteiger partial charge on any atom is -0.360 e. The highest BCUT2D eigenvalue weighted by molar-refractivity contribution is 5.74. The fraction of sp³-hybridized carbons (Fsp3) is 0.167. The van der Waals surface area contributed by atoms with E-state index in [9.17, 15) is 10.1 Å². The number of rotatable bonds is 6. The predicted octanol–water partition coefficient (Wildman–Crippen LogP) is 3.75. The summed E-state index contributed by atoms with van der Waals surface area (Å²) in [5.74, 6) is 0.300. The lowest BCUT2D eigenvalue weighted by Gasteiger charge is -2.12. The first-order valence-electron chi connectivity index (χ1n) is 8.01. The van der Waals surface area contributed by atoms with Crippen LogP contribution in [0.2, 0.25) is 0 Å². The molecular formula is C18H18N6O2. The summed E-state index contributed by atoms with van der Waals surface area (Å²) in [4.78, 5) is 23.3. The van der Waals surface area contributed by atoms with Crippen LogP contribution < -0.4 is 10.6 Å². The molecular weight excluding hydrogens is 332 g/mol. The van der Waals surface area contributed by atoms with Gasteiger partial charge in [0, 0.05) is 24.6 Å². The molecule has 26 heavy (non-hydrogen) atoms. The number of pyridine rings is 1. The van der Waals surface area contributed by atoms with E-state index in [0.29, 0.717) is 6.54 Å². The van der Waals surface area contributed by atoms with Crippen LogP contribution in [0.15, 0.2) is 49.1 Å². The van der Waals surface area contributed by atoms with Crippen molar-refractivity contribution in [1.29, 1.82) is 0 Å². The van der Waals surface area contributed by atoms with Crippen molar-refractivity contribution in [2.45, 2.75) is 20.4 Å². The zero-order valence-electron chi connectivity index (χ0n) is 14.4. The zero-order chi connectivity index (χ0) is 18.5. The van der Waals surface area contributed by atoms with Crippen molar-refractivity contribution in [2.24, 2.45) is 0 Å². The van der Waals surface area contributed by atoms with Gasteiger partial charge in [-0.05, 0) is 42.7 Å². The van der Waals surface area contributed by atoms with Gasteiger partial charge in [-0.25, -0.2) is 9.97 Å². The molecule has 0 bridgehead atoms. The molecule has 8 heteroatoms. The second kappa shape index (κ2) is 7.56. The highest BCUT2D eigenvalue weighted by Crippen LogP contribution is 2.32. The van der Waals surface area contributed by atoms with Crippen LogP contribution in [-0.4, -0.2) is 19.9 Å². The Morgan fingerprint density at radius 3 is 2.69 bits per heavy atom. The largest absolute Gasteiger partial charge is 0.360 e. The maximum Gasteiger partial charge on any atom is 0.353 e. The number of aromatic nitrogens is 3. The number of hydrogen-bond acceptors (Lipinski definition) is 7. The minimum atomic E-state index is -0.487. The molecule has 0 aliphatic carbocycles. The molecule has 0 aliphatic rings. The molecule has 0 atom stereocenters. The van der Waals surface area contributed by atoms with Crippen LogP contribution in [0.5, 0.6) is 0 Å². The molecule has 0 aliphatic heterocycles. The molecule has 0 fully saturated rings. The van der Waals surface area contributed by atoms with Crippen molar-refractivity contribution in [3.05, 3.63) is 75.9 Å². The molecule has 0 saturated carbocycles. The van der Waals surface area contributed by atoms with Gasteiger partial charge in [0.2, 0.25) is 11.6 Å². The van der Waals surface area contributed by atoms with Crippen molar-refractivity contribution in [3.63, 3.8) is 0 Å². The average molecular weight is 350 g/mol. The van der Waals surface area contributed by atoms with Crippen LogP contribution in [0.25, 0.3) is 0 Å². The van der Waals surface area contributed by atoms with Gasteiger partial charge in [0.05, 0.1) is 4.92 Å². The van der Waals surface area contributed by atoms with Gasteiger partial charge in [0.25, 0.3) is 0 Å². The topological polar surface area (TPSA) is 106 Å². The Morgan fingerprint density at radius 1 is 1.15 bits per heavy atom. The standard InChI is InChI=1S/C18H18N6O2/c1-12-5-6-13(2)15(8-12)23-18-16(24(25)26)17(21-11-22-18)20-10-14-4-3-7-19-9-14/h3-9,11H,10H2,1-2H3,(H2,20,21,22,23). The van der Waals surface area contributed by atoms with Gasteiger partial charge in [-0.2, -0.15) is 0 Å². The van der Waals surface area contributed by atoms with Gasteiger partial charge < -0.3 is 10.6 Å². The van der Waals surface area contributed by atoms with Crippen molar-refractivity contribution < 1.29 is 4.92 Å². The Labute approximate surface area is 150 Å². The third-order valence-electron chi connectivity index (χ3n) is 3.83. The number of anilines is 3. The quantitative estimate of drug-likeness (QED) is 0.515. The van der Waals surface area contributed by atoms with Crippen LogP contribution in [0, 0.1) is 24.0 Å². The van der Waals surface area contributed by atoms with Gasteiger partial charge in [-0.3, -0.25) is 15.1 Å². The highest BCUT2D eigenvalue weighted by Gasteiger charge is 2.23. The smallest absolute Gasteiger partial charge is 0.353 e. The Balaban J connectivity index is 1.91. The van der Waals surface area contributed by atoms with E-state index in [4.69, 9.17) is 0 Å². The molecule has 132 valence electrons. The molecule has 3 rings (SSSR count). The molecule has 0 saturated heterocycles. The van der Waals surface area contributed by atoms with Gasteiger partial charge in [0.1, 0.15) is 6.33 Å². The number of nitrogens with one attached hydrogen (secondary N) is 2. The molecule has 3 aromatic rings. The van der Waals surface area contributed by atoms with E-state index >= 15 is 0 Å². The summed E-state index contributed by atoms with van der Waals surface area (Å²) in [5, 5.41) is 17.7. The summed E-state index contributed by atoms with van der Waals surface area (Å²) in [6.45, 7) is 4.25. The molecule has 2 heterocycles. The SMILES string of the molecule is Cc1ccc(C)c(Nc2ncnc(NCc3cccnc3)c2[N+](=O)[O-])c1. The predicted molar refractivity (Wildman–Crippen MR) is 99.4 cm³/mol. The third kappa shape index (κ3) is 3.92. The fourth-order valence-corrected chi connectivity index (χ4v) is 2.46. The number of benzene rings is 1. The number of nitro groups is 1. The fourth-order valence-electron chi connectivity index (χ4n) is 2.46. The van der Waals surface area contributed by atoms with Crippen LogP contribution in [-0.2, 0) is 6.54 Å². The first-order chi connectivity index (χ1) is 12.5. The molecule has 0 unspecified atom stereocenters. The van der Waals surface area contributed by atoms with E-state index in [2.05, 4.69) is 25.6 Å². The first-order valence-corrected chi connectivity index (χ1v) is 8.01. The van der Waals surface area contributed by atoms with Gasteiger partial charge in [-0.15, -0.1) is 0 Å². The van der Waals surface area contributed by atoms with E-state index in [1.165, 1.54) is 6.33 Å². The van der Waals surface area contributed by atoms with Crippen LogP contribution >= 0.6 is 0 Å². The monoisotopic (exact) mass is 350 g/mol. The van der Waals surface area contributed by atoms with Gasteiger partial charge >= 0.3 is 5.69 Å². The molecule has 2 N–H and O–H groups in total. The lowest BCUT2D eigenvalue weighted by Crippen LogP contribution is -2.08. The van der Waals surface area contributed by atoms with Crippen molar-refractivity contribution in [2.75, 3.05) is 10.6 Å². The molecule has 0 spiro atoms. The Kier molecular flexibility index (Phi) is 5.02. The highest BCUT2D eigenvalue weighted by atomic mass is 16.6. The third-order valence-corrected chi connectivity index (χ3v) is 3.83. The Hall–Kier alpha value is -3.55. The average Bonchev–Trinajstić information content (AvgIpc) is 2.63. The summed E-state index contributed by atoms with van der Waals surface area (Å²) in [7, 11) is 0. The van der Waals surface area contributed by atoms with E-state index < -0.39 is 4.92 Å². The lowest BCUT2D eigenvalue weighted by molar-refractivity contribution is -0.383. The number of nitrogens with zero attached hydrogens (tertiary/aromatic N) is 4. The number of hydrogen-bond donors (Lipinski definition) is 2. The molecule has 0 amide bonds. The summed E-state index contributed by atoms with van der Waals surface area (Å²) >= 11 is 0. The summed E-state index contributed by atoms with van der Waals surface area (Å²) in [6.07, 6.45) is 4.66. The second-order valence-electron chi connectivity index (χ2n) is 5.83. The lowest BCUT2D eigenvalue weighted by atomic mass is 10.1. The van der Waals surface area contributed by atoms with E-state index in [-0.39, 0.29) is 17.3 Å². The van der Waals surface area contributed by atoms with Crippen molar-refractivity contribution in [3.8, 4) is 0 Å². The Bertz CT molecular complexity index is 930. The van der Waals surface area contributed by atoms with Gasteiger partial charge in [-0.1, -0.05) is 18.2 Å². The van der Waals surface area contributed by atoms with Crippen LogP contribution in [0.3, 0.4) is 0 Å². The summed E-state index contributed by atoms with van der Waals surface area (Å²) < 4.78 is 0. The maximum absolute atomic E-state index is 11.6. The molecule has 1 aromatic carbocycles. The molecule has 2 aromatic heterocycles. The van der Waals surface area contributed by atoms with E-state index in [1.54, 1.807) is 18.5 Å². The second-order valence-corrected chi connectivity index (χ2v) is 5.83. The summed E-state index contributed by atoms with van der Waals surface area (Å²) in [5.41, 5.74) is 3.48. The first kappa shape index (κ1) is 17.3. The summed E-state index contributed by atoms with van der Waals surface area (Å²) in [6, 6.07) is 9.53. The molecule has 8 nitrogen and oxygen atoms in total. The molecule has 0 radical (unpaired) electrons. The normalized spacial score (nSPS) is 10.4. The minimum absolute atomic E-state index is 0.146. The van der Waals surface area contributed by atoms with Crippen molar-refractivity contribution in [1.82, 2.24) is 15.0 Å². The van der Waals surface area contributed by atoms with Crippen LogP contribution in [0.4, 0.5) is 23.0 Å². The van der Waals surface area contributed by atoms with Crippen LogP contribution in [0.1, 0.15) is 16.7 Å². The maximum atomic E-state index is 11.6. The van der Waals surface area contributed by atoms with E-state index in [1.807, 2.05) is 38.1 Å².